The average Bonchev–Trinajstić information content (AvgIpc) is 2.88. The molecule has 0 aromatic heterocycles. The molecule has 2 aliphatic carbocycles. The molecule has 0 aliphatic heterocycles. The van der Waals surface area contributed by atoms with Gasteiger partial charge in [0.15, 0.2) is 0 Å². The lowest BCUT2D eigenvalue weighted by Crippen LogP contribution is -2.34. The van der Waals surface area contributed by atoms with Crippen molar-refractivity contribution in [2.75, 3.05) is 6.54 Å². The molecule has 1 amide bonds. The topological polar surface area (TPSA) is 55.1 Å². The van der Waals surface area contributed by atoms with E-state index in [0.717, 1.165) is 32.2 Å². The number of amides is 1. The number of hydrogen-bond acceptors (Lipinski definition) is 2. The summed E-state index contributed by atoms with van der Waals surface area (Å²) in [5.41, 5.74) is 5.59. The zero-order chi connectivity index (χ0) is 9.26. The molecule has 0 saturated heterocycles. The second-order valence-electron chi connectivity index (χ2n) is 4.39. The van der Waals surface area contributed by atoms with E-state index in [-0.39, 0.29) is 5.91 Å². The average molecular weight is 182 g/mol. The SMILES string of the molecule is NC[C@H]1CC[C@@H](NC(=O)C2CC2)C1. The van der Waals surface area contributed by atoms with Crippen LogP contribution >= 0.6 is 0 Å². The van der Waals surface area contributed by atoms with Crippen LogP contribution < -0.4 is 11.1 Å². The normalized spacial score (nSPS) is 33.3. The maximum absolute atomic E-state index is 11.4. The molecule has 3 nitrogen and oxygen atoms in total. The predicted octanol–water partition coefficient (Wildman–Crippen LogP) is 0.640. The van der Waals surface area contributed by atoms with E-state index in [1.807, 2.05) is 0 Å². The van der Waals surface area contributed by atoms with Gasteiger partial charge >= 0.3 is 0 Å². The van der Waals surface area contributed by atoms with Gasteiger partial charge < -0.3 is 11.1 Å². The third-order valence-corrected chi connectivity index (χ3v) is 3.17. The molecule has 3 heteroatoms. The van der Waals surface area contributed by atoms with Gasteiger partial charge in [0.05, 0.1) is 0 Å². The van der Waals surface area contributed by atoms with Crippen molar-refractivity contribution in [3.63, 3.8) is 0 Å². The van der Waals surface area contributed by atoms with E-state index in [1.54, 1.807) is 0 Å². The lowest BCUT2D eigenvalue weighted by atomic mass is 10.1. The van der Waals surface area contributed by atoms with Crippen LogP contribution in [0.1, 0.15) is 32.1 Å². The van der Waals surface area contributed by atoms with Crippen molar-refractivity contribution in [3.8, 4) is 0 Å². The predicted molar refractivity (Wildman–Crippen MR) is 51.1 cm³/mol. The summed E-state index contributed by atoms with van der Waals surface area (Å²) in [7, 11) is 0. The van der Waals surface area contributed by atoms with Crippen molar-refractivity contribution in [2.45, 2.75) is 38.1 Å². The first-order chi connectivity index (χ1) is 6.29. The molecule has 0 bridgehead atoms. The van der Waals surface area contributed by atoms with Gasteiger partial charge in [-0.05, 0) is 44.6 Å². The molecule has 0 heterocycles. The molecular formula is C10H18N2O. The Morgan fingerprint density at radius 3 is 2.62 bits per heavy atom. The molecule has 2 atom stereocenters. The van der Waals surface area contributed by atoms with Crippen molar-refractivity contribution < 1.29 is 4.79 Å². The minimum absolute atomic E-state index is 0.280. The Labute approximate surface area is 79.1 Å². The highest BCUT2D eigenvalue weighted by atomic mass is 16.2. The zero-order valence-electron chi connectivity index (χ0n) is 7.96. The second-order valence-corrected chi connectivity index (χ2v) is 4.39. The molecular weight excluding hydrogens is 164 g/mol. The number of nitrogens with two attached hydrogens (primary N) is 1. The van der Waals surface area contributed by atoms with Crippen molar-refractivity contribution >= 4 is 5.91 Å². The monoisotopic (exact) mass is 182 g/mol. The summed E-state index contributed by atoms with van der Waals surface area (Å²) in [4.78, 5) is 11.4. The lowest BCUT2D eigenvalue weighted by Gasteiger charge is -2.12. The van der Waals surface area contributed by atoms with Gasteiger partial charge in [-0.1, -0.05) is 0 Å². The molecule has 2 saturated carbocycles. The van der Waals surface area contributed by atoms with E-state index in [9.17, 15) is 4.79 Å². The van der Waals surface area contributed by atoms with E-state index >= 15 is 0 Å². The first kappa shape index (κ1) is 9.00. The van der Waals surface area contributed by atoms with E-state index in [1.165, 1.54) is 6.42 Å². The van der Waals surface area contributed by atoms with Gasteiger partial charge in [-0.3, -0.25) is 4.79 Å². The van der Waals surface area contributed by atoms with Crippen molar-refractivity contribution in [1.29, 1.82) is 0 Å². The van der Waals surface area contributed by atoms with Crippen LogP contribution in [0.5, 0.6) is 0 Å². The largest absolute Gasteiger partial charge is 0.353 e. The minimum atomic E-state index is 0.280. The molecule has 0 aromatic rings. The highest BCUT2D eigenvalue weighted by Gasteiger charge is 2.32. The summed E-state index contributed by atoms with van der Waals surface area (Å²) in [5, 5.41) is 3.11. The molecule has 74 valence electrons. The fourth-order valence-electron chi connectivity index (χ4n) is 2.08. The quantitative estimate of drug-likeness (QED) is 0.673. The Balaban J connectivity index is 1.73. The number of carbonyl (C=O) groups excluding carboxylic acids is 1. The third kappa shape index (κ3) is 2.21. The number of rotatable bonds is 3. The van der Waals surface area contributed by atoms with Crippen LogP contribution in [0.25, 0.3) is 0 Å². The first-order valence-electron chi connectivity index (χ1n) is 5.30. The highest BCUT2D eigenvalue weighted by molar-refractivity contribution is 5.81. The Morgan fingerprint density at radius 2 is 2.08 bits per heavy atom. The van der Waals surface area contributed by atoms with E-state index < -0.39 is 0 Å². The van der Waals surface area contributed by atoms with Crippen LogP contribution in [-0.2, 0) is 4.79 Å². The maximum atomic E-state index is 11.4. The molecule has 0 aromatic carbocycles. The van der Waals surface area contributed by atoms with Crippen LogP contribution in [-0.4, -0.2) is 18.5 Å². The van der Waals surface area contributed by atoms with E-state index in [4.69, 9.17) is 5.73 Å². The first-order valence-corrected chi connectivity index (χ1v) is 5.30. The zero-order valence-corrected chi connectivity index (χ0v) is 7.96. The number of nitrogens with one attached hydrogen (secondary N) is 1. The highest BCUT2D eigenvalue weighted by Crippen LogP contribution is 2.30. The fourth-order valence-corrected chi connectivity index (χ4v) is 2.08. The molecule has 2 rings (SSSR count). The van der Waals surface area contributed by atoms with Gasteiger partial charge in [0.2, 0.25) is 5.91 Å². The standard InChI is InChI=1S/C10H18N2O/c11-6-7-1-4-9(5-7)12-10(13)8-2-3-8/h7-9H,1-6,11H2,(H,12,13)/t7-,9+/m0/s1. The van der Waals surface area contributed by atoms with Gasteiger partial charge in [-0.2, -0.15) is 0 Å². The second kappa shape index (κ2) is 3.66. The summed E-state index contributed by atoms with van der Waals surface area (Å²) in [5.74, 6) is 1.27. The Hall–Kier alpha value is -0.570. The van der Waals surface area contributed by atoms with Gasteiger partial charge in [-0.15, -0.1) is 0 Å². The lowest BCUT2D eigenvalue weighted by molar-refractivity contribution is -0.122. The van der Waals surface area contributed by atoms with Crippen molar-refractivity contribution in [2.24, 2.45) is 17.6 Å². The summed E-state index contributed by atoms with van der Waals surface area (Å²) in [6.45, 7) is 0.774. The molecule has 3 N–H and O–H groups in total. The van der Waals surface area contributed by atoms with E-state index in [2.05, 4.69) is 5.32 Å². The van der Waals surface area contributed by atoms with Gasteiger partial charge in [0.1, 0.15) is 0 Å². The van der Waals surface area contributed by atoms with Crippen LogP contribution in [0.15, 0.2) is 0 Å². The van der Waals surface area contributed by atoms with Crippen LogP contribution in [0.3, 0.4) is 0 Å². The fraction of sp³-hybridized carbons (Fsp3) is 0.900. The van der Waals surface area contributed by atoms with Crippen LogP contribution in [0.4, 0.5) is 0 Å². The minimum Gasteiger partial charge on any atom is -0.353 e. The summed E-state index contributed by atoms with van der Waals surface area (Å²) < 4.78 is 0. The van der Waals surface area contributed by atoms with Gasteiger partial charge in [0.25, 0.3) is 0 Å². The number of carbonyl (C=O) groups is 1. The summed E-state index contributed by atoms with van der Waals surface area (Å²) in [6, 6.07) is 0.418. The van der Waals surface area contributed by atoms with Gasteiger partial charge in [-0.25, -0.2) is 0 Å². The van der Waals surface area contributed by atoms with Crippen LogP contribution in [0, 0.1) is 11.8 Å². The molecule has 0 unspecified atom stereocenters. The summed E-state index contributed by atoms with van der Waals surface area (Å²) >= 11 is 0. The van der Waals surface area contributed by atoms with Gasteiger partial charge in [0, 0.05) is 12.0 Å². The van der Waals surface area contributed by atoms with Crippen molar-refractivity contribution in [3.05, 3.63) is 0 Å². The van der Waals surface area contributed by atoms with Crippen LogP contribution in [0.2, 0.25) is 0 Å². The molecule has 13 heavy (non-hydrogen) atoms. The van der Waals surface area contributed by atoms with E-state index in [0.29, 0.717) is 17.9 Å². The third-order valence-electron chi connectivity index (χ3n) is 3.17. The van der Waals surface area contributed by atoms with Crippen molar-refractivity contribution in [1.82, 2.24) is 5.32 Å². The Kier molecular flexibility index (Phi) is 2.54. The smallest absolute Gasteiger partial charge is 0.223 e. The number of hydrogen-bond donors (Lipinski definition) is 2. The Bertz CT molecular complexity index is 201. The molecule has 2 aliphatic rings. The maximum Gasteiger partial charge on any atom is 0.223 e. The molecule has 2 fully saturated rings. The molecule has 0 radical (unpaired) electrons. The molecule has 0 spiro atoms. The summed E-state index contributed by atoms with van der Waals surface area (Å²) in [6.07, 6.45) is 5.60. The Morgan fingerprint density at radius 1 is 1.31 bits per heavy atom.